The largest absolute Gasteiger partial charge is 0.392 e. The summed E-state index contributed by atoms with van der Waals surface area (Å²) in [6.45, 7) is 4.31. The molecule has 1 saturated carbocycles. The molecule has 1 fully saturated rings. The molecule has 2 heteroatoms. The van der Waals surface area contributed by atoms with Gasteiger partial charge < -0.3 is 5.11 Å². The number of benzene rings is 1. The maximum absolute atomic E-state index is 10.5. The van der Waals surface area contributed by atoms with Crippen LogP contribution in [0.2, 0.25) is 5.02 Å². The summed E-state index contributed by atoms with van der Waals surface area (Å²) in [6.07, 6.45) is 8.03. The van der Waals surface area contributed by atoms with E-state index in [0.717, 1.165) is 16.5 Å². The van der Waals surface area contributed by atoms with Gasteiger partial charge in [0.05, 0.1) is 6.10 Å². The summed E-state index contributed by atoms with van der Waals surface area (Å²) < 4.78 is 0. The number of hydrogen-bond donors (Lipinski definition) is 1. The van der Waals surface area contributed by atoms with Gasteiger partial charge in [-0.15, -0.1) is 0 Å². The molecule has 0 spiro atoms. The summed E-state index contributed by atoms with van der Waals surface area (Å²) in [5, 5.41) is 11.3. The van der Waals surface area contributed by atoms with Crippen LogP contribution in [0.4, 0.5) is 0 Å². The number of rotatable bonds is 5. The number of aliphatic hydroxyl groups is 1. The molecule has 0 radical (unpaired) electrons. The molecule has 1 N–H and O–H groups in total. The van der Waals surface area contributed by atoms with Crippen molar-refractivity contribution in [2.24, 2.45) is 11.8 Å². The van der Waals surface area contributed by atoms with Gasteiger partial charge in [0, 0.05) is 11.4 Å². The zero-order chi connectivity index (χ0) is 14.5. The van der Waals surface area contributed by atoms with E-state index >= 15 is 0 Å². The van der Waals surface area contributed by atoms with E-state index in [0.29, 0.717) is 12.3 Å². The van der Waals surface area contributed by atoms with Crippen LogP contribution in [0.3, 0.4) is 0 Å². The van der Waals surface area contributed by atoms with E-state index in [4.69, 9.17) is 11.6 Å². The van der Waals surface area contributed by atoms with Gasteiger partial charge in [-0.2, -0.15) is 0 Å². The maximum atomic E-state index is 10.5. The molecule has 1 aromatic carbocycles. The molecule has 0 bridgehead atoms. The van der Waals surface area contributed by atoms with Crippen LogP contribution >= 0.6 is 11.6 Å². The summed E-state index contributed by atoms with van der Waals surface area (Å²) in [7, 11) is 0. The van der Waals surface area contributed by atoms with E-state index in [1.165, 1.54) is 44.1 Å². The standard InChI is InChI=1S/C18H27ClO/c1-3-4-14-6-9-15(10-7-14)18(20)12-16-8-5-13(2)11-17(16)19/h5,8,11,14-15,18,20H,3-4,6-7,9-10,12H2,1-2H3. The molecule has 1 aliphatic rings. The Kier molecular flexibility index (Phi) is 5.92. The molecule has 0 aromatic heterocycles. The first kappa shape index (κ1) is 15.9. The number of halogens is 1. The molecule has 112 valence electrons. The van der Waals surface area contributed by atoms with Crippen LogP contribution in [0, 0.1) is 18.8 Å². The second-order valence-electron chi connectivity index (χ2n) is 6.44. The SMILES string of the molecule is CCCC1CCC(C(O)Cc2ccc(C)cc2Cl)CC1. The van der Waals surface area contributed by atoms with Gasteiger partial charge >= 0.3 is 0 Å². The molecule has 1 atom stereocenters. The topological polar surface area (TPSA) is 20.2 Å². The van der Waals surface area contributed by atoms with E-state index < -0.39 is 0 Å². The second-order valence-corrected chi connectivity index (χ2v) is 6.84. The molecule has 0 aliphatic heterocycles. The third-order valence-electron chi connectivity index (χ3n) is 4.77. The molecule has 1 aromatic rings. The number of aryl methyl sites for hydroxylation is 1. The first-order valence-electron chi connectivity index (χ1n) is 8.03. The number of aliphatic hydroxyl groups excluding tert-OH is 1. The van der Waals surface area contributed by atoms with Crippen molar-refractivity contribution in [1.82, 2.24) is 0 Å². The third-order valence-corrected chi connectivity index (χ3v) is 5.12. The van der Waals surface area contributed by atoms with Crippen molar-refractivity contribution in [3.8, 4) is 0 Å². The van der Waals surface area contributed by atoms with Gasteiger partial charge in [0.2, 0.25) is 0 Å². The monoisotopic (exact) mass is 294 g/mol. The van der Waals surface area contributed by atoms with E-state index in [-0.39, 0.29) is 6.10 Å². The Hall–Kier alpha value is -0.530. The Bertz CT molecular complexity index is 421. The quantitative estimate of drug-likeness (QED) is 0.795. The maximum Gasteiger partial charge on any atom is 0.0609 e. The molecule has 1 aliphatic carbocycles. The minimum absolute atomic E-state index is 0.238. The zero-order valence-corrected chi connectivity index (χ0v) is 13.5. The van der Waals surface area contributed by atoms with Crippen LogP contribution in [0.1, 0.15) is 56.6 Å². The molecular weight excluding hydrogens is 268 g/mol. The molecule has 1 unspecified atom stereocenters. The van der Waals surface area contributed by atoms with Crippen molar-refractivity contribution in [1.29, 1.82) is 0 Å². The van der Waals surface area contributed by atoms with E-state index in [1.807, 2.05) is 13.0 Å². The third kappa shape index (κ3) is 4.23. The van der Waals surface area contributed by atoms with Crippen LogP contribution < -0.4 is 0 Å². The Morgan fingerprint density at radius 1 is 1.25 bits per heavy atom. The van der Waals surface area contributed by atoms with Crippen molar-refractivity contribution in [3.05, 3.63) is 34.3 Å². The van der Waals surface area contributed by atoms with Gasteiger partial charge in [-0.1, -0.05) is 56.3 Å². The lowest BCUT2D eigenvalue weighted by molar-refractivity contribution is 0.0728. The highest BCUT2D eigenvalue weighted by Gasteiger charge is 2.26. The first-order chi connectivity index (χ1) is 9.60. The molecule has 1 nitrogen and oxygen atoms in total. The normalized spacial score (nSPS) is 24.6. The zero-order valence-electron chi connectivity index (χ0n) is 12.7. The van der Waals surface area contributed by atoms with Crippen molar-refractivity contribution in [2.75, 3.05) is 0 Å². The highest BCUT2D eigenvalue weighted by Crippen LogP contribution is 2.34. The average molecular weight is 295 g/mol. The fraction of sp³-hybridized carbons (Fsp3) is 0.667. The van der Waals surface area contributed by atoms with E-state index in [1.54, 1.807) is 0 Å². The van der Waals surface area contributed by atoms with Crippen LogP contribution in [-0.4, -0.2) is 11.2 Å². The Labute approximate surface area is 128 Å². The van der Waals surface area contributed by atoms with Gasteiger partial charge in [-0.25, -0.2) is 0 Å². The molecule has 0 saturated heterocycles. The Morgan fingerprint density at radius 3 is 2.55 bits per heavy atom. The van der Waals surface area contributed by atoms with Crippen LogP contribution in [0.25, 0.3) is 0 Å². The highest BCUT2D eigenvalue weighted by atomic mass is 35.5. The molecule has 2 rings (SSSR count). The summed E-state index contributed by atoms with van der Waals surface area (Å²) in [6, 6.07) is 6.12. The van der Waals surface area contributed by atoms with Gasteiger partial charge in [0.25, 0.3) is 0 Å². The van der Waals surface area contributed by atoms with Crippen molar-refractivity contribution < 1.29 is 5.11 Å². The predicted molar refractivity (Wildman–Crippen MR) is 86.3 cm³/mol. The van der Waals surface area contributed by atoms with Crippen molar-refractivity contribution in [3.63, 3.8) is 0 Å². The molecule has 20 heavy (non-hydrogen) atoms. The van der Waals surface area contributed by atoms with Crippen LogP contribution in [-0.2, 0) is 6.42 Å². The second kappa shape index (κ2) is 7.47. The summed E-state index contributed by atoms with van der Waals surface area (Å²) >= 11 is 6.27. The van der Waals surface area contributed by atoms with Gasteiger partial charge in [-0.3, -0.25) is 0 Å². The van der Waals surface area contributed by atoms with E-state index in [9.17, 15) is 5.11 Å². The summed E-state index contributed by atoms with van der Waals surface area (Å²) in [5.74, 6) is 1.35. The Balaban J connectivity index is 1.87. The van der Waals surface area contributed by atoms with Gasteiger partial charge in [0.1, 0.15) is 0 Å². The van der Waals surface area contributed by atoms with Crippen LogP contribution in [0.15, 0.2) is 18.2 Å². The van der Waals surface area contributed by atoms with E-state index in [2.05, 4.69) is 19.1 Å². The smallest absolute Gasteiger partial charge is 0.0609 e. The molecule has 0 amide bonds. The average Bonchev–Trinajstić information content (AvgIpc) is 2.43. The lowest BCUT2D eigenvalue weighted by atomic mass is 9.77. The molecular formula is C18H27ClO. The van der Waals surface area contributed by atoms with Crippen LogP contribution in [0.5, 0.6) is 0 Å². The highest BCUT2D eigenvalue weighted by molar-refractivity contribution is 6.31. The summed E-state index contributed by atoms with van der Waals surface area (Å²) in [4.78, 5) is 0. The lowest BCUT2D eigenvalue weighted by Gasteiger charge is -2.31. The lowest BCUT2D eigenvalue weighted by Crippen LogP contribution is -2.27. The van der Waals surface area contributed by atoms with Gasteiger partial charge in [0.15, 0.2) is 0 Å². The minimum atomic E-state index is -0.238. The molecule has 0 heterocycles. The number of hydrogen-bond acceptors (Lipinski definition) is 1. The van der Waals surface area contributed by atoms with Crippen molar-refractivity contribution >= 4 is 11.6 Å². The predicted octanol–water partition coefficient (Wildman–Crippen LogP) is 5.16. The van der Waals surface area contributed by atoms with Gasteiger partial charge in [-0.05, 0) is 48.8 Å². The fourth-order valence-electron chi connectivity index (χ4n) is 3.48. The fourth-order valence-corrected chi connectivity index (χ4v) is 3.79. The van der Waals surface area contributed by atoms with Crippen molar-refractivity contribution in [2.45, 2.75) is 64.9 Å². The summed E-state index contributed by atoms with van der Waals surface area (Å²) in [5.41, 5.74) is 2.26. The first-order valence-corrected chi connectivity index (χ1v) is 8.41. The Morgan fingerprint density at radius 2 is 1.95 bits per heavy atom. The minimum Gasteiger partial charge on any atom is -0.392 e.